The second-order valence-corrected chi connectivity index (χ2v) is 6.35. The maximum absolute atomic E-state index is 12.3. The van der Waals surface area contributed by atoms with Crippen molar-refractivity contribution in [3.8, 4) is 0 Å². The fourth-order valence-electron chi connectivity index (χ4n) is 1.83. The van der Waals surface area contributed by atoms with Gasteiger partial charge in [0.15, 0.2) is 0 Å². The lowest BCUT2D eigenvalue weighted by Crippen LogP contribution is -2.50. The SMILES string of the molecule is O=C(N1CCN(Sc2cccc(Br)c2)CC1)C(F)(F)F. The summed E-state index contributed by atoms with van der Waals surface area (Å²) in [4.78, 5) is 13.0. The molecule has 20 heavy (non-hydrogen) atoms. The van der Waals surface area contributed by atoms with E-state index in [0.29, 0.717) is 13.1 Å². The summed E-state index contributed by atoms with van der Waals surface area (Å²) in [6, 6.07) is 7.68. The highest BCUT2D eigenvalue weighted by molar-refractivity contribution is 9.10. The summed E-state index contributed by atoms with van der Waals surface area (Å²) in [7, 11) is 0. The quantitative estimate of drug-likeness (QED) is 0.749. The van der Waals surface area contributed by atoms with Gasteiger partial charge in [-0.05, 0) is 30.1 Å². The summed E-state index contributed by atoms with van der Waals surface area (Å²) >= 11 is 4.85. The molecule has 0 aromatic heterocycles. The summed E-state index contributed by atoms with van der Waals surface area (Å²) in [5.74, 6) is -1.75. The largest absolute Gasteiger partial charge is 0.471 e. The lowest BCUT2D eigenvalue weighted by atomic mass is 10.3. The molecule has 0 aliphatic carbocycles. The van der Waals surface area contributed by atoms with Gasteiger partial charge >= 0.3 is 12.1 Å². The van der Waals surface area contributed by atoms with Crippen LogP contribution in [0.25, 0.3) is 0 Å². The summed E-state index contributed by atoms with van der Waals surface area (Å²) in [6.45, 7) is 1.02. The summed E-state index contributed by atoms with van der Waals surface area (Å²) in [6.07, 6.45) is -4.78. The van der Waals surface area contributed by atoms with Gasteiger partial charge in [-0.3, -0.25) is 4.79 Å². The summed E-state index contributed by atoms with van der Waals surface area (Å²) < 4.78 is 39.8. The number of carbonyl (C=O) groups excluding carboxylic acids is 1. The van der Waals surface area contributed by atoms with Gasteiger partial charge < -0.3 is 4.90 Å². The van der Waals surface area contributed by atoms with E-state index in [9.17, 15) is 18.0 Å². The Bertz CT molecular complexity index is 490. The Morgan fingerprint density at radius 3 is 2.40 bits per heavy atom. The van der Waals surface area contributed by atoms with Crippen molar-refractivity contribution in [2.24, 2.45) is 0 Å². The molecule has 1 aliphatic rings. The number of hydrogen-bond acceptors (Lipinski definition) is 3. The van der Waals surface area contributed by atoms with Crippen LogP contribution >= 0.6 is 27.9 Å². The zero-order valence-corrected chi connectivity index (χ0v) is 12.8. The van der Waals surface area contributed by atoms with E-state index in [2.05, 4.69) is 15.9 Å². The van der Waals surface area contributed by atoms with Crippen LogP contribution in [0, 0.1) is 0 Å². The molecule has 8 heteroatoms. The molecule has 1 aliphatic heterocycles. The van der Waals surface area contributed by atoms with Crippen molar-refractivity contribution in [3.05, 3.63) is 28.7 Å². The van der Waals surface area contributed by atoms with Crippen LogP contribution in [0.1, 0.15) is 0 Å². The Morgan fingerprint density at radius 1 is 1.20 bits per heavy atom. The van der Waals surface area contributed by atoms with E-state index in [-0.39, 0.29) is 13.1 Å². The van der Waals surface area contributed by atoms with Crippen molar-refractivity contribution in [2.75, 3.05) is 26.2 Å². The normalized spacial score (nSPS) is 17.3. The Hall–Kier alpha value is -0.730. The van der Waals surface area contributed by atoms with E-state index in [1.54, 1.807) is 0 Å². The number of piperazine rings is 1. The molecule has 0 bridgehead atoms. The lowest BCUT2D eigenvalue weighted by Gasteiger charge is -2.34. The highest BCUT2D eigenvalue weighted by Crippen LogP contribution is 2.27. The van der Waals surface area contributed by atoms with Gasteiger partial charge in [-0.1, -0.05) is 22.0 Å². The molecule has 3 nitrogen and oxygen atoms in total. The third-order valence-corrected chi connectivity index (χ3v) is 4.38. The Labute approximate surface area is 127 Å². The fourth-order valence-corrected chi connectivity index (χ4v) is 3.35. The first-order valence-electron chi connectivity index (χ1n) is 5.91. The van der Waals surface area contributed by atoms with Gasteiger partial charge in [0.25, 0.3) is 0 Å². The molecule has 1 fully saturated rings. The van der Waals surface area contributed by atoms with Gasteiger partial charge in [-0.15, -0.1) is 0 Å². The van der Waals surface area contributed by atoms with E-state index in [1.807, 2.05) is 28.6 Å². The van der Waals surface area contributed by atoms with Crippen LogP contribution in [-0.4, -0.2) is 47.5 Å². The summed E-state index contributed by atoms with van der Waals surface area (Å²) in [5, 5.41) is 0. The van der Waals surface area contributed by atoms with Crippen LogP contribution in [0.2, 0.25) is 0 Å². The van der Waals surface area contributed by atoms with Crippen molar-refractivity contribution in [2.45, 2.75) is 11.1 Å². The highest BCUT2D eigenvalue weighted by Gasteiger charge is 2.43. The molecule has 1 heterocycles. The second-order valence-electron chi connectivity index (χ2n) is 4.27. The maximum atomic E-state index is 12.3. The first-order chi connectivity index (χ1) is 9.36. The van der Waals surface area contributed by atoms with E-state index in [4.69, 9.17) is 0 Å². The van der Waals surface area contributed by atoms with Gasteiger partial charge in [0.2, 0.25) is 0 Å². The molecular weight excluding hydrogens is 357 g/mol. The third-order valence-electron chi connectivity index (χ3n) is 2.80. The molecule has 2 rings (SSSR count). The molecule has 1 amide bonds. The van der Waals surface area contributed by atoms with Crippen LogP contribution in [0.3, 0.4) is 0 Å². The number of alkyl halides is 3. The topological polar surface area (TPSA) is 23.6 Å². The number of rotatable bonds is 2. The third kappa shape index (κ3) is 4.13. The molecule has 0 atom stereocenters. The maximum Gasteiger partial charge on any atom is 0.471 e. The van der Waals surface area contributed by atoms with Gasteiger partial charge in [-0.2, -0.15) is 13.2 Å². The van der Waals surface area contributed by atoms with Crippen LogP contribution in [0.4, 0.5) is 13.2 Å². The molecular formula is C12H12BrF3N2OS. The zero-order valence-electron chi connectivity index (χ0n) is 10.4. The Balaban J connectivity index is 1.87. The van der Waals surface area contributed by atoms with Gasteiger partial charge in [0.1, 0.15) is 0 Å². The van der Waals surface area contributed by atoms with E-state index in [1.165, 1.54) is 11.9 Å². The monoisotopic (exact) mass is 368 g/mol. The minimum Gasteiger partial charge on any atom is -0.332 e. The van der Waals surface area contributed by atoms with Crippen LogP contribution < -0.4 is 0 Å². The minimum absolute atomic E-state index is 0.0966. The average Bonchev–Trinajstić information content (AvgIpc) is 2.38. The first kappa shape index (κ1) is 15.7. The van der Waals surface area contributed by atoms with Crippen LogP contribution in [-0.2, 0) is 4.79 Å². The van der Waals surface area contributed by atoms with Gasteiger partial charge in [-0.25, -0.2) is 4.31 Å². The molecule has 0 radical (unpaired) electrons. The zero-order chi connectivity index (χ0) is 14.8. The van der Waals surface area contributed by atoms with E-state index < -0.39 is 12.1 Å². The Morgan fingerprint density at radius 2 is 1.85 bits per heavy atom. The molecule has 1 aromatic carbocycles. The number of carbonyl (C=O) groups is 1. The molecule has 0 unspecified atom stereocenters. The molecule has 0 N–H and O–H groups in total. The predicted molar refractivity (Wildman–Crippen MR) is 74.2 cm³/mol. The lowest BCUT2D eigenvalue weighted by molar-refractivity contribution is -0.186. The Kier molecular flexibility index (Phi) is 4.98. The van der Waals surface area contributed by atoms with Crippen molar-refractivity contribution < 1.29 is 18.0 Å². The summed E-state index contributed by atoms with van der Waals surface area (Å²) in [5.41, 5.74) is 0. The van der Waals surface area contributed by atoms with Crippen LogP contribution in [0.5, 0.6) is 0 Å². The van der Waals surface area contributed by atoms with Gasteiger partial charge in [0, 0.05) is 35.5 Å². The molecule has 0 saturated carbocycles. The van der Waals surface area contributed by atoms with E-state index in [0.717, 1.165) is 14.3 Å². The number of nitrogens with zero attached hydrogens (tertiary/aromatic N) is 2. The number of halogens is 4. The molecule has 1 saturated heterocycles. The van der Waals surface area contributed by atoms with E-state index >= 15 is 0 Å². The van der Waals surface area contributed by atoms with Crippen molar-refractivity contribution in [3.63, 3.8) is 0 Å². The standard InChI is InChI=1S/C12H12BrF3N2OS/c13-9-2-1-3-10(8-9)20-18-6-4-17(5-7-18)11(19)12(14,15)16/h1-3,8H,4-7H2. The molecule has 1 aromatic rings. The van der Waals surface area contributed by atoms with Crippen LogP contribution in [0.15, 0.2) is 33.6 Å². The van der Waals surface area contributed by atoms with Crippen molar-refractivity contribution >= 4 is 33.8 Å². The smallest absolute Gasteiger partial charge is 0.332 e. The number of amides is 1. The predicted octanol–water partition coefficient (Wildman–Crippen LogP) is 3.16. The average molecular weight is 369 g/mol. The fraction of sp³-hybridized carbons (Fsp3) is 0.417. The highest BCUT2D eigenvalue weighted by atomic mass is 79.9. The van der Waals surface area contributed by atoms with Gasteiger partial charge in [0.05, 0.1) is 0 Å². The first-order valence-corrected chi connectivity index (χ1v) is 7.47. The second kappa shape index (κ2) is 6.36. The van der Waals surface area contributed by atoms with Crippen molar-refractivity contribution in [1.82, 2.24) is 9.21 Å². The number of hydrogen-bond donors (Lipinski definition) is 0. The molecule has 0 spiro atoms. The minimum atomic E-state index is -4.78. The van der Waals surface area contributed by atoms with Crippen molar-refractivity contribution in [1.29, 1.82) is 0 Å². The molecule has 110 valence electrons. The number of benzene rings is 1.